The standard InChI is InChI=1S/C22H24N2O4/c1-3-7-20(25)23(15-16-8-5-4-6-9-16)19-14-21(26)24(22(19)27)17-10-12-18(28-2)13-11-17/h4-6,8-13,19H,3,7,14-15H2,1-2H3. The van der Waals surface area contributed by atoms with Crippen LogP contribution in [0.25, 0.3) is 0 Å². The Morgan fingerprint density at radius 2 is 1.79 bits per heavy atom. The lowest BCUT2D eigenvalue weighted by molar-refractivity contribution is -0.139. The Morgan fingerprint density at radius 1 is 1.11 bits per heavy atom. The molecule has 1 aliphatic heterocycles. The maximum atomic E-state index is 13.1. The van der Waals surface area contributed by atoms with Gasteiger partial charge in [0, 0.05) is 13.0 Å². The summed E-state index contributed by atoms with van der Waals surface area (Å²) in [5, 5.41) is 0. The molecule has 0 saturated carbocycles. The normalized spacial score (nSPS) is 16.4. The third-order valence-corrected chi connectivity index (χ3v) is 4.81. The Labute approximate surface area is 164 Å². The predicted molar refractivity (Wildman–Crippen MR) is 106 cm³/mol. The lowest BCUT2D eigenvalue weighted by Gasteiger charge is -2.28. The third kappa shape index (κ3) is 4.06. The van der Waals surface area contributed by atoms with E-state index in [0.29, 0.717) is 30.8 Å². The van der Waals surface area contributed by atoms with Crippen LogP contribution in [0.1, 0.15) is 31.7 Å². The zero-order valence-corrected chi connectivity index (χ0v) is 16.1. The predicted octanol–water partition coefficient (Wildman–Crippen LogP) is 3.16. The van der Waals surface area contributed by atoms with Gasteiger partial charge in [0.05, 0.1) is 19.2 Å². The van der Waals surface area contributed by atoms with Gasteiger partial charge in [0.2, 0.25) is 11.8 Å². The van der Waals surface area contributed by atoms with E-state index in [0.717, 1.165) is 5.56 Å². The van der Waals surface area contributed by atoms with Crippen LogP contribution < -0.4 is 9.64 Å². The fourth-order valence-electron chi connectivity index (χ4n) is 3.37. The lowest BCUT2D eigenvalue weighted by atomic mass is 10.1. The largest absolute Gasteiger partial charge is 0.497 e. The van der Waals surface area contributed by atoms with Gasteiger partial charge in [-0.2, -0.15) is 0 Å². The number of carbonyl (C=O) groups is 3. The van der Waals surface area contributed by atoms with Gasteiger partial charge in [0.1, 0.15) is 11.8 Å². The Kier molecular flexibility index (Phi) is 6.09. The number of nitrogens with zero attached hydrogens (tertiary/aromatic N) is 2. The fourth-order valence-corrected chi connectivity index (χ4v) is 3.37. The van der Waals surface area contributed by atoms with E-state index in [-0.39, 0.29) is 24.1 Å². The second kappa shape index (κ2) is 8.69. The quantitative estimate of drug-likeness (QED) is 0.692. The van der Waals surface area contributed by atoms with Crippen LogP contribution >= 0.6 is 0 Å². The Hall–Kier alpha value is -3.15. The van der Waals surface area contributed by atoms with Gasteiger partial charge in [0.15, 0.2) is 0 Å². The van der Waals surface area contributed by atoms with E-state index >= 15 is 0 Å². The van der Waals surface area contributed by atoms with Gasteiger partial charge in [-0.3, -0.25) is 14.4 Å². The molecule has 3 rings (SSSR count). The van der Waals surface area contributed by atoms with Crippen LogP contribution in [0.4, 0.5) is 5.69 Å². The first-order chi connectivity index (χ1) is 13.5. The van der Waals surface area contributed by atoms with Crippen molar-refractivity contribution >= 4 is 23.4 Å². The Bertz CT molecular complexity index is 849. The molecule has 146 valence electrons. The molecule has 2 aromatic rings. The van der Waals surface area contributed by atoms with Gasteiger partial charge in [0.25, 0.3) is 5.91 Å². The highest BCUT2D eigenvalue weighted by Gasteiger charge is 2.44. The maximum Gasteiger partial charge on any atom is 0.257 e. The summed E-state index contributed by atoms with van der Waals surface area (Å²) in [5.74, 6) is -0.143. The maximum absolute atomic E-state index is 13.1. The summed E-state index contributed by atoms with van der Waals surface area (Å²) in [7, 11) is 1.55. The number of benzene rings is 2. The summed E-state index contributed by atoms with van der Waals surface area (Å²) in [5.41, 5.74) is 1.41. The molecule has 6 heteroatoms. The minimum absolute atomic E-state index is 0.00680. The molecule has 3 amide bonds. The SMILES string of the molecule is CCCC(=O)N(Cc1ccccc1)C1CC(=O)N(c2ccc(OC)cc2)C1=O. The molecule has 0 aromatic heterocycles. The fraction of sp³-hybridized carbons (Fsp3) is 0.318. The van der Waals surface area contributed by atoms with Gasteiger partial charge in [-0.1, -0.05) is 37.3 Å². The number of rotatable bonds is 7. The number of hydrogen-bond donors (Lipinski definition) is 0. The van der Waals surface area contributed by atoms with E-state index in [2.05, 4.69) is 0 Å². The first-order valence-electron chi connectivity index (χ1n) is 9.39. The van der Waals surface area contributed by atoms with Crippen molar-refractivity contribution in [3.8, 4) is 5.75 Å². The Morgan fingerprint density at radius 3 is 2.39 bits per heavy atom. The molecule has 1 atom stereocenters. The van der Waals surface area contributed by atoms with Gasteiger partial charge >= 0.3 is 0 Å². The molecular weight excluding hydrogens is 356 g/mol. The van der Waals surface area contributed by atoms with Crippen molar-refractivity contribution in [3.63, 3.8) is 0 Å². The van der Waals surface area contributed by atoms with Crippen molar-refractivity contribution in [1.29, 1.82) is 0 Å². The minimum Gasteiger partial charge on any atom is -0.497 e. The van der Waals surface area contributed by atoms with Crippen molar-refractivity contribution in [2.45, 2.75) is 38.8 Å². The number of carbonyl (C=O) groups excluding carboxylic acids is 3. The van der Waals surface area contributed by atoms with Crippen LogP contribution in [0.3, 0.4) is 0 Å². The van der Waals surface area contributed by atoms with Crippen molar-refractivity contribution in [2.24, 2.45) is 0 Å². The molecule has 0 spiro atoms. The monoisotopic (exact) mass is 380 g/mol. The average molecular weight is 380 g/mol. The summed E-state index contributed by atoms with van der Waals surface area (Å²) in [6, 6.07) is 15.5. The molecule has 1 unspecified atom stereocenters. The molecule has 0 aliphatic carbocycles. The van der Waals surface area contributed by atoms with Crippen LogP contribution in [0, 0.1) is 0 Å². The molecule has 0 N–H and O–H groups in total. The third-order valence-electron chi connectivity index (χ3n) is 4.81. The van der Waals surface area contributed by atoms with E-state index in [9.17, 15) is 14.4 Å². The van der Waals surface area contributed by atoms with Crippen molar-refractivity contribution in [2.75, 3.05) is 12.0 Å². The van der Waals surface area contributed by atoms with Gasteiger partial charge in [-0.25, -0.2) is 4.90 Å². The van der Waals surface area contributed by atoms with Gasteiger partial charge in [-0.15, -0.1) is 0 Å². The number of amides is 3. The number of methoxy groups -OCH3 is 1. The zero-order valence-electron chi connectivity index (χ0n) is 16.1. The van der Waals surface area contributed by atoms with E-state index < -0.39 is 6.04 Å². The van der Waals surface area contributed by atoms with E-state index in [4.69, 9.17) is 4.74 Å². The first-order valence-corrected chi connectivity index (χ1v) is 9.39. The van der Waals surface area contributed by atoms with Crippen molar-refractivity contribution < 1.29 is 19.1 Å². The van der Waals surface area contributed by atoms with Crippen LogP contribution in [0.15, 0.2) is 54.6 Å². The smallest absolute Gasteiger partial charge is 0.257 e. The second-order valence-electron chi connectivity index (χ2n) is 6.74. The molecule has 2 aromatic carbocycles. The molecule has 1 fully saturated rings. The first kappa shape index (κ1) is 19.6. The highest BCUT2D eigenvalue weighted by atomic mass is 16.5. The summed E-state index contributed by atoms with van der Waals surface area (Å²) in [6.07, 6.45) is 1.02. The summed E-state index contributed by atoms with van der Waals surface area (Å²) in [4.78, 5) is 41.2. The molecule has 1 aliphatic rings. The van der Waals surface area contributed by atoms with Crippen LogP contribution in [0.5, 0.6) is 5.75 Å². The van der Waals surface area contributed by atoms with Crippen LogP contribution in [-0.4, -0.2) is 35.8 Å². The second-order valence-corrected chi connectivity index (χ2v) is 6.74. The highest BCUT2D eigenvalue weighted by molar-refractivity contribution is 6.23. The molecule has 0 radical (unpaired) electrons. The van der Waals surface area contributed by atoms with Gasteiger partial charge in [-0.05, 0) is 36.2 Å². The molecule has 1 saturated heterocycles. The van der Waals surface area contributed by atoms with Gasteiger partial charge < -0.3 is 9.64 Å². The summed E-state index contributed by atoms with van der Waals surface area (Å²) < 4.78 is 5.13. The molecule has 0 bridgehead atoms. The molecule has 1 heterocycles. The van der Waals surface area contributed by atoms with Crippen LogP contribution in [0.2, 0.25) is 0 Å². The van der Waals surface area contributed by atoms with E-state index in [1.54, 1.807) is 36.3 Å². The molecule has 6 nitrogen and oxygen atoms in total. The summed E-state index contributed by atoms with van der Waals surface area (Å²) in [6.45, 7) is 2.23. The zero-order chi connectivity index (χ0) is 20.1. The minimum atomic E-state index is -0.783. The molecule has 28 heavy (non-hydrogen) atoms. The number of ether oxygens (including phenoxy) is 1. The van der Waals surface area contributed by atoms with E-state index in [1.807, 2.05) is 37.3 Å². The van der Waals surface area contributed by atoms with Crippen molar-refractivity contribution in [1.82, 2.24) is 4.90 Å². The Balaban J connectivity index is 1.86. The summed E-state index contributed by atoms with van der Waals surface area (Å²) >= 11 is 0. The number of imide groups is 1. The highest BCUT2D eigenvalue weighted by Crippen LogP contribution is 2.28. The van der Waals surface area contributed by atoms with E-state index in [1.165, 1.54) is 4.90 Å². The average Bonchev–Trinajstić information content (AvgIpc) is 3.01. The number of hydrogen-bond acceptors (Lipinski definition) is 4. The molecular formula is C22H24N2O4. The number of anilines is 1. The van der Waals surface area contributed by atoms with Crippen molar-refractivity contribution in [3.05, 3.63) is 60.2 Å². The van der Waals surface area contributed by atoms with Crippen LogP contribution in [-0.2, 0) is 20.9 Å². The lowest BCUT2D eigenvalue weighted by Crippen LogP contribution is -2.45. The topological polar surface area (TPSA) is 66.9 Å².